The molecule has 3 aromatic carbocycles. The van der Waals surface area contributed by atoms with Gasteiger partial charge < -0.3 is 52.5 Å². The molecule has 0 aromatic heterocycles. The van der Waals surface area contributed by atoms with E-state index in [4.69, 9.17) is 47.4 Å². The molecule has 0 spiro atoms. The minimum absolute atomic E-state index is 0.00626. The predicted octanol–water partition coefficient (Wildman–Crippen LogP) is 3.73. The van der Waals surface area contributed by atoms with Crippen LogP contribution in [0, 0.1) is 0 Å². The summed E-state index contributed by atoms with van der Waals surface area (Å²) in [6.07, 6.45) is -4.09. The lowest BCUT2D eigenvalue weighted by molar-refractivity contribution is -0.252. The summed E-state index contributed by atoms with van der Waals surface area (Å²) >= 11 is 0. The molecule has 2 aliphatic rings. The minimum atomic E-state index is -1.35. The third-order valence-electron chi connectivity index (χ3n) is 7.60. The number of benzene rings is 3. The van der Waals surface area contributed by atoms with Gasteiger partial charge in [-0.15, -0.1) is 0 Å². The second-order valence-electron chi connectivity index (χ2n) is 10.0. The molecular formula is C32H36O13. The number of hydrogen-bond donors (Lipinski definition) is 1. The lowest BCUT2D eigenvalue weighted by atomic mass is 9.88. The molecule has 2 aliphatic heterocycles. The summed E-state index contributed by atoms with van der Waals surface area (Å²) in [5.74, 6) is -0.155. The van der Waals surface area contributed by atoms with Crippen molar-refractivity contribution in [2.45, 2.75) is 38.4 Å². The van der Waals surface area contributed by atoms with Crippen molar-refractivity contribution in [2.24, 2.45) is 0 Å². The highest BCUT2D eigenvalue weighted by molar-refractivity contribution is 6.19. The number of fused-ring (bicyclic) bond motifs is 2. The van der Waals surface area contributed by atoms with Crippen LogP contribution in [-0.4, -0.2) is 96.7 Å². The Hall–Kier alpha value is -4.30. The first kappa shape index (κ1) is 32.1. The molecule has 0 aliphatic carbocycles. The number of methoxy groups -OCH3 is 4. The van der Waals surface area contributed by atoms with Gasteiger partial charge >= 0.3 is 11.9 Å². The maximum atomic E-state index is 13.9. The Kier molecular flexibility index (Phi) is 9.83. The molecule has 13 nitrogen and oxygen atoms in total. The Morgan fingerprint density at radius 1 is 0.844 bits per heavy atom. The molecule has 1 fully saturated rings. The van der Waals surface area contributed by atoms with Crippen LogP contribution in [0.25, 0.3) is 21.9 Å². The molecule has 0 radical (unpaired) electrons. The molecule has 45 heavy (non-hydrogen) atoms. The van der Waals surface area contributed by atoms with Gasteiger partial charge in [-0.2, -0.15) is 0 Å². The highest BCUT2D eigenvalue weighted by Crippen LogP contribution is 2.48. The number of aliphatic hydroxyl groups excluding tert-OH is 1. The zero-order chi connectivity index (χ0) is 32.2. The molecule has 2 heterocycles. The van der Waals surface area contributed by atoms with Crippen LogP contribution in [0.15, 0.2) is 30.3 Å². The van der Waals surface area contributed by atoms with E-state index in [2.05, 4.69) is 0 Å². The monoisotopic (exact) mass is 628 g/mol. The van der Waals surface area contributed by atoms with Crippen LogP contribution in [0.2, 0.25) is 0 Å². The predicted molar refractivity (Wildman–Crippen MR) is 158 cm³/mol. The Labute approximate surface area is 259 Å². The van der Waals surface area contributed by atoms with Crippen LogP contribution in [0.3, 0.4) is 0 Å². The summed E-state index contributed by atoms with van der Waals surface area (Å²) in [5, 5.41) is 12.0. The van der Waals surface area contributed by atoms with Crippen molar-refractivity contribution >= 4 is 22.7 Å². The first-order valence-corrected chi connectivity index (χ1v) is 14.3. The molecule has 4 atom stereocenters. The normalized spacial score (nSPS) is 20.5. The van der Waals surface area contributed by atoms with Crippen LogP contribution in [0.1, 0.15) is 34.6 Å². The van der Waals surface area contributed by atoms with Crippen molar-refractivity contribution in [2.75, 3.05) is 55.1 Å². The summed E-state index contributed by atoms with van der Waals surface area (Å²) in [6, 6.07) is 8.42. The first-order valence-electron chi connectivity index (χ1n) is 14.3. The van der Waals surface area contributed by atoms with Crippen molar-refractivity contribution in [3.63, 3.8) is 0 Å². The highest BCUT2D eigenvalue weighted by atomic mass is 16.7. The van der Waals surface area contributed by atoms with E-state index in [0.717, 1.165) is 0 Å². The number of carbonyl (C=O) groups is 2. The van der Waals surface area contributed by atoms with Crippen molar-refractivity contribution < 1.29 is 62.1 Å². The molecule has 13 heteroatoms. The summed E-state index contributed by atoms with van der Waals surface area (Å²) < 4.78 is 56.4. The van der Waals surface area contributed by atoms with E-state index >= 15 is 0 Å². The molecule has 1 saturated heterocycles. The van der Waals surface area contributed by atoms with Gasteiger partial charge in [0, 0.05) is 25.2 Å². The molecule has 5 rings (SSSR count). The third kappa shape index (κ3) is 5.91. The van der Waals surface area contributed by atoms with E-state index in [0.29, 0.717) is 44.9 Å². The number of aliphatic hydroxyl groups is 1. The van der Waals surface area contributed by atoms with Gasteiger partial charge in [0.25, 0.3) is 0 Å². The van der Waals surface area contributed by atoms with E-state index < -0.39 is 36.5 Å². The summed E-state index contributed by atoms with van der Waals surface area (Å²) in [6.45, 7) is 3.34. The maximum absolute atomic E-state index is 13.9. The molecule has 0 amide bonds. The van der Waals surface area contributed by atoms with Crippen molar-refractivity contribution in [3.05, 3.63) is 41.5 Å². The number of ether oxygens (including phenoxy) is 10. The fourth-order valence-corrected chi connectivity index (χ4v) is 5.53. The SMILES string of the molecule is CCOC(=O)c1c(C(=O)OCC)c(-c2ccc3c(c2)OCO3)c2cc(OC)c(OC)cc2c1OC1OCC(OC)C(OC)C1O. The van der Waals surface area contributed by atoms with Crippen LogP contribution < -0.4 is 23.7 Å². The molecule has 3 aromatic rings. The largest absolute Gasteiger partial charge is 0.493 e. The maximum Gasteiger partial charge on any atom is 0.342 e. The third-order valence-corrected chi connectivity index (χ3v) is 7.60. The Balaban J connectivity index is 1.87. The van der Waals surface area contributed by atoms with Gasteiger partial charge in [0.2, 0.25) is 13.1 Å². The second-order valence-corrected chi connectivity index (χ2v) is 10.0. The van der Waals surface area contributed by atoms with Gasteiger partial charge in [0.1, 0.15) is 29.6 Å². The lowest BCUT2D eigenvalue weighted by Gasteiger charge is -2.38. The van der Waals surface area contributed by atoms with Gasteiger partial charge in [-0.3, -0.25) is 0 Å². The molecule has 1 N–H and O–H groups in total. The number of esters is 2. The quantitative estimate of drug-likeness (QED) is 0.308. The van der Waals surface area contributed by atoms with E-state index in [1.807, 2.05) is 0 Å². The summed E-state index contributed by atoms with van der Waals surface area (Å²) in [4.78, 5) is 27.8. The average molecular weight is 629 g/mol. The summed E-state index contributed by atoms with van der Waals surface area (Å²) in [5.41, 5.74) is 0.457. The smallest absolute Gasteiger partial charge is 0.342 e. The van der Waals surface area contributed by atoms with Crippen molar-refractivity contribution in [1.82, 2.24) is 0 Å². The first-order chi connectivity index (χ1) is 21.8. The van der Waals surface area contributed by atoms with Crippen LogP contribution in [0.4, 0.5) is 0 Å². The van der Waals surface area contributed by atoms with Crippen LogP contribution in [0.5, 0.6) is 28.7 Å². The van der Waals surface area contributed by atoms with Gasteiger partial charge in [0.15, 0.2) is 23.0 Å². The molecule has 4 unspecified atom stereocenters. The zero-order valence-corrected chi connectivity index (χ0v) is 25.9. The highest BCUT2D eigenvalue weighted by Gasteiger charge is 2.43. The van der Waals surface area contributed by atoms with Crippen molar-refractivity contribution in [3.8, 4) is 39.9 Å². The van der Waals surface area contributed by atoms with Crippen LogP contribution in [-0.2, 0) is 23.7 Å². The van der Waals surface area contributed by atoms with E-state index in [-0.39, 0.29) is 43.5 Å². The molecular weight excluding hydrogens is 592 g/mol. The molecule has 242 valence electrons. The van der Waals surface area contributed by atoms with E-state index in [1.54, 1.807) is 44.2 Å². The number of carbonyl (C=O) groups excluding carboxylic acids is 2. The summed E-state index contributed by atoms with van der Waals surface area (Å²) in [7, 11) is 5.84. The average Bonchev–Trinajstić information content (AvgIpc) is 3.52. The lowest BCUT2D eigenvalue weighted by Crippen LogP contribution is -2.56. The Morgan fingerprint density at radius 2 is 1.49 bits per heavy atom. The second kappa shape index (κ2) is 13.8. The Bertz CT molecular complexity index is 1570. The number of rotatable bonds is 11. The van der Waals surface area contributed by atoms with E-state index in [9.17, 15) is 14.7 Å². The number of hydrogen-bond acceptors (Lipinski definition) is 13. The molecule has 0 saturated carbocycles. The standard InChI is InChI=1S/C32H36O13/c1-7-40-30(34)25-24(16-9-10-19-22(11-16)44-15-43-19)17-12-20(36-3)21(37-4)13-18(17)28(26(25)31(35)41-8-2)45-32-27(33)29(39-6)23(38-5)14-42-32/h9-13,23,27,29,32-33H,7-8,14-15H2,1-6H3. The van der Waals surface area contributed by atoms with Crippen molar-refractivity contribution in [1.29, 1.82) is 0 Å². The van der Waals surface area contributed by atoms with Gasteiger partial charge in [-0.25, -0.2) is 9.59 Å². The van der Waals surface area contributed by atoms with E-state index in [1.165, 1.54) is 28.4 Å². The molecule has 0 bridgehead atoms. The van der Waals surface area contributed by atoms with Gasteiger partial charge in [0.05, 0.1) is 39.6 Å². The van der Waals surface area contributed by atoms with Gasteiger partial charge in [-0.05, 0) is 49.1 Å². The van der Waals surface area contributed by atoms with Gasteiger partial charge in [-0.1, -0.05) is 6.07 Å². The topological polar surface area (TPSA) is 147 Å². The minimum Gasteiger partial charge on any atom is -0.493 e. The zero-order valence-electron chi connectivity index (χ0n) is 25.9. The fourth-order valence-electron chi connectivity index (χ4n) is 5.53. The Morgan fingerprint density at radius 3 is 2.11 bits per heavy atom. The van der Waals surface area contributed by atoms with Crippen LogP contribution >= 0.6 is 0 Å². The fraction of sp³-hybridized carbons (Fsp3) is 0.438.